The number of hydrogen-bond acceptors (Lipinski definition) is 2. The third kappa shape index (κ3) is 3.95. The van der Waals surface area contributed by atoms with Crippen molar-refractivity contribution in [2.24, 2.45) is 22.5 Å². The smallest absolute Gasteiger partial charge is 0.0576 e. The Labute approximate surface area is 119 Å². The van der Waals surface area contributed by atoms with Crippen molar-refractivity contribution >= 4 is 0 Å². The van der Waals surface area contributed by atoms with Gasteiger partial charge in [-0.05, 0) is 74.7 Å². The molecule has 0 aromatic rings. The molecule has 1 saturated heterocycles. The standard InChI is InChI=1S/C17H33NO/c1-16(2,3)14-6-9-17(13-18,10-7-14)11-8-15-5-4-12-19-15/h14-15H,4-13,18H2,1-3H3. The van der Waals surface area contributed by atoms with Gasteiger partial charge in [0.15, 0.2) is 0 Å². The fraction of sp³-hybridized carbons (Fsp3) is 1.00. The Bertz CT molecular complexity index is 267. The van der Waals surface area contributed by atoms with Crippen molar-refractivity contribution in [3.05, 3.63) is 0 Å². The van der Waals surface area contributed by atoms with Gasteiger partial charge in [-0.25, -0.2) is 0 Å². The Balaban J connectivity index is 1.83. The van der Waals surface area contributed by atoms with Gasteiger partial charge in [0, 0.05) is 6.61 Å². The SMILES string of the molecule is CC(C)(C)C1CCC(CN)(CCC2CCCO2)CC1. The number of rotatable bonds is 4. The van der Waals surface area contributed by atoms with E-state index in [-0.39, 0.29) is 0 Å². The van der Waals surface area contributed by atoms with Crippen molar-refractivity contribution < 1.29 is 4.74 Å². The Kier molecular flexibility index (Phi) is 4.94. The molecule has 1 saturated carbocycles. The molecule has 1 aliphatic carbocycles. The third-order valence-corrected chi connectivity index (χ3v) is 5.72. The Morgan fingerprint density at radius 1 is 1.16 bits per heavy atom. The zero-order valence-electron chi connectivity index (χ0n) is 13.2. The van der Waals surface area contributed by atoms with E-state index < -0.39 is 0 Å². The zero-order valence-corrected chi connectivity index (χ0v) is 13.2. The average molecular weight is 267 g/mol. The molecule has 2 aliphatic rings. The molecular weight excluding hydrogens is 234 g/mol. The molecular formula is C17H33NO. The normalized spacial score (nSPS) is 36.6. The largest absolute Gasteiger partial charge is 0.378 e. The summed E-state index contributed by atoms with van der Waals surface area (Å²) >= 11 is 0. The first-order chi connectivity index (χ1) is 8.95. The molecule has 2 fully saturated rings. The predicted molar refractivity (Wildman–Crippen MR) is 81.1 cm³/mol. The van der Waals surface area contributed by atoms with Gasteiger partial charge in [-0.1, -0.05) is 20.8 Å². The molecule has 0 bridgehead atoms. The first kappa shape index (κ1) is 15.3. The molecule has 2 N–H and O–H groups in total. The van der Waals surface area contributed by atoms with E-state index in [1.165, 1.54) is 51.4 Å². The van der Waals surface area contributed by atoms with Crippen LogP contribution in [0.2, 0.25) is 0 Å². The molecule has 2 nitrogen and oxygen atoms in total. The Morgan fingerprint density at radius 2 is 1.84 bits per heavy atom. The van der Waals surface area contributed by atoms with Gasteiger partial charge in [0.1, 0.15) is 0 Å². The number of ether oxygens (including phenoxy) is 1. The van der Waals surface area contributed by atoms with Crippen molar-refractivity contribution in [1.82, 2.24) is 0 Å². The van der Waals surface area contributed by atoms with E-state index in [1.807, 2.05) is 0 Å². The van der Waals surface area contributed by atoms with Crippen LogP contribution in [0.5, 0.6) is 0 Å². The molecule has 1 atom stereocenters. The molecule has 0 aromatic heterocycles. The van der Waals surface area contributed by atoms with Crippen LogP contribution < -0.4 is 5.73 Å². The molecule has 2 rings (SSSR count). The van der Waals surface area contributed by atoms with Gasteiger partial charge in [0.2, 0.25) is 0 Å². The summed E-state index contributed by atoms with van der Waals surface area (Å²) in [5.74, 6) is 0.884. The van der Waals surface area contributed by atoms with Crippen LogP contribution in [0.3, 0.4) is 0 Å². The van der Waals surface area contributed by atoms with Crippen LogP contribution in [0.15, 0.2) is 0 Å². The van der Waals surface area contributed by atoms with E-state index in [0.29, 0.717) is 16.9 Å². The van der Waals surface area contributed by atoms with Gasteiger partial charge in [0.05, 0.1) is 6.10 Å². The highest BCUT2D eigenvalue weighted by molar-refractivity contribution is 4.90. The average Bonchev–Trinajstić information content (AvgIpc) is 2.89. The van der Waals surface area contributed by atoms with Crippen LogP contribution in [0.25, 0.3) is 0 Å². The number of hydrogen-bond donors (Lipinski definition) is 1. The minimum atomic E-state index is 0.424. The van der Waals surface area contributed by atoms with Crippen molar-refractivity contribution in [3.8, 4) is 0 Å². The maximum absolute atomic E-state index is 6.14. The maximum Gasteiger partial charge on any atom is 0.0576 e. The molecule has 1 aliphatic heterocycles. The first-order valence-electron chi connectivity index (χ1n) is 8.27. The zero-order chi connectivity index (χ0) is 13.9. The monoisotopic (exact) mass is 267 g/mol. The summed E-state index contributed by atoms with van der Waals surface area (Å²) in [6, 6.07) is 0. The van der Waals surface area contributed by atoms with Crippen LogP contribution in [0, 0.1) is 16.7 Å². The summed E-state index contributed by atoms with van der Waals surface area (Å²) in [7, 11) is 0. The summed E-state index contributed by atoms with van der Waals surface area (Å²) < 4.78 is 5.77. The highest BCUT2D eigenvalue weighted by atomic mass is 16.5. The van der Waals surface area contributed by atoms with E-state index >= 15 is 0 Å². The topological polar surface area (TPSA) is 35.2 Å². The lowest BCUT2D eigenvalue weighted by molar-refractivity contribution is 0.0554. The van der Waals surface area contributed by atoms with Crippen LogP contribution in [0.4, 0.5) is 0 Å². The summed E-state index contributed by atoms with van der Waals surface area (Å²) in [5, 5.41) is 0. The maximum atomic E-state index is 6.14. The van der Waals surface area contributed by atoms with Crippen LogP contribution in [0.1, 0.15) is 72.1 Å². The number of nitrogens with two attached hydrogens (primary N) is 1. The summed E-state index contributed by atoms with van der Waals surface area (Å²) in [5.41, 5.74) is 7.03. The van der Waals surface area contributed by atoms with Crippen molar-refractivity contribution in [3.63, 3.8) is 0 Å². The first-order valence-corrected chi connectivity index (χ1v) is 8.27. The highest BCUT2D eigenvalue weighted by Gasteiger charge is 2.38. The fourth-order valence-corrected chi connectivity index (χ4v) is 3.99. The molecule has 0 spiro atoms. The van der Waals surface area contributed by atoms with Crippen LogP contribution in [-0.4, -0.2) is 19.3 Å². The second-order valence-corrected chi connectivity index (χ2v) is 8.02. The van der Waals surface area contributed by atoms with E-state index in [9.17, 15) is 0 Å². The van der Waals surface area contributed by atoms with Gasteiger partial charge in [-0.2, -0.15) is 0 Å². The molecule has 0 radical (unpaired) electrons. The minimum Gasteiger partial charge on any atom is -0.378 e. The molecule has 112 valence electrons. The summed E-state index contributed by atoms with van der Waals surface area (Å²) in [4.78, 5) is 0. The molecule has 1 unspecified atom stereocenters. The Morgan fingerprint density at radius 3 is 2.32 bits per heavy atom. The van der Waals surface area contributed by atoms with E-state index in [0.717, 1.165) is 19.1 Å². The lowest BCUT2D eigenvalue weighted by Gasteiger charge is -2.44. The van der Waals surface area contributed by atoms with E-state index in [1.54, 1.807) is 0 Å². The second-order valence-electron chi connectivity index (χ2n) is 8.02. The quantitative estimate of drug-likeness (QED) is 0.831. The second kappa shape index (κ2) is 6.13. The minimum absolute atomic E-state index is 0.424. The van der Waals surface area contributed by atoms with Gasteiger partial charge < -0.3 is 10.5 Å². The lowest BCUT2D eigenvalue weighted by Crippen LogP contribution is -2.38. The van der Waals surface area contributed by atoms with Crippen LogP contribution in [-0.2, 0) is 4.74 Å². The third-order valence-electron chi connectivity index (χ3n) is 5.72. The van der Waals surface area contributed by atoms with Crippen molar-refractivity contribution in [2.45, 2.75) is 78.2 Å². The molecule has 2 heteroatoms. The molecule has 0 amide bonds. The molecule has 19 heavy (non-hydrogen) atoms. The van der Waals surface area contributed by atoms with Gasteiger partial charge >= 0.3 is 0 Å². The summed E-state index contributed by atoms with van der Waals surface area (Å²) in [6.45, 7) is 9.02. The lowest BCUT2D eigenvalue weighted by atomic mass is 9.62. The molecule has 0 aromatic carbocycles. The van der Waals surface area contributed by atoms with E-state index in [4.69, 9.17) is 10.5 Å². The van der Waals surface area contributed by atoms with Crippen molar-refractivity contribution in [1.29, 1.82) is 0 Å². The van der Waals surface area contributed by atoms with Gasteiger partial charge in [-0.15, -0.1) is 0 Å². The highest BCUT2D eigenvalue weighted by Crippen LogP contribution is 2.47. The van der Waals surface area contributed by atoms with E-state index in [2.05, 4.69) is 20.8 Å². The summed E-state index contributed by atoms with van der Waals surface area (Å²) in [6.07, 6.45) is 11.0. The van der Waals surface area contributed by atoms with Gasteiger partial charge in [0.25, 0.3) is 0 Å². The predicted octanol–water partition coefficient (Wildman–Crippen LogP) is 4.13. The molecule has 1 heterocycles. The van der Waals surface area contributed by atoms with Gasteiger partial charge in [-0.3, -0.25) is 0 Å². The van der Waals surface area contributed by atoms with Crippen molar-refractivity contribution in [2.75, 3.05) is 13.2 Å². The fourth-order valence-electron chi connectivity index (χ4n) is 3.99. The van der Waals surface area contributed by atoms with Crippen LogP contribution >= 0.6 is 0 Å². The Hall–Kier alpha value is -0.0800.